The van der Waals surface area contributed by atoms with Gasteiger partial charge in [-0.05, 0) is 28.6 Å². The lowest BCUT2D eigenvalue weighted by Gasteiger charge is -2.16. The summed E-state index contributed by atoms with van der Waals surface area (Å²) in [6.07, 6.45) is 1.82. The van der Waals surface area contributed by atoms with Crippen LogP contribution in [0.25, 0.3) is 22.3 Å². The summed E-state index contributed by atoms with van der Waals surface area (Å²) >= 11 is 2.27. The van der Waals surface area contributed by atoms with Crippen LogP contribution in [-0.4, -0.2) is 38.9 Å². The molecule has 1 aromatic carbocycles. The summed E-state index contributed by atoms with van der Waals surface area (Å²) in [5.74, 6) is 0.474. The molecule has 2 heterocycles. The van der Waals surface area contributed by atoms with Gasteiger partial charge in [0.25, 0.3) is 0 Å². The van der Waals surface area contributed by atoms with Gasteiger partial charge in [-0.1, -0.05) is 22.6 Å². The van der Waals surface area contributed by atoms with Crippen LogP contribution in [0, 0.1) is 0 Å². The Morgan fingerprint density at radius 1 is 1.32 bits per heavy atom. The largest absolute Gasteiger partial charge is 0.378 e. The molecule has 0 radical (unpaired) electrons. The van der Waals surface area contributed by atoms with E-state index in [0.717, 1.165) is 15.8 Å². The molecule has 0 atom stereocenters. The van der Waals surface area contributed by atoms with E-state index in [2.05, 4.69) is 38.1 Å². The van der Waals surface area contributed by atoms with Gasteiger partial charge in [0.2, 0.25) is 0 Å². The highest BCUT2D eigenvalue weighted by atomic mass is 127. The van der Waals surface area contributed by atoms with E-state index in [1.165, 1.54) is 4.68 Å². The number of pyridine rings is 1. The first kappa shape index (κ1) is 14.9. The number of alkyl halides is 1. The number of aryl methyl sites for hydroxylation is 1. The van der Waals surface area contributed by atoms with Crippen molar-refractivity contribution in [2.75, 3.05) is 19.0 Å². The zero-order valence-electron chi connectivity index (χ0n) is 12.5. The van der Waals surface area contributed by atoms with Gasteiger partial charge in [-0.25, -0.2) is 4.68 Å². The Balaban J connectivity index is 2.35. The second kappa shape index (κ2) is 5.67. The van der Waals surface area contributed by atoms with Crippen molar-refractivity contribution in [1.82, 2.24) is 24.8 Å². The molecule has 0 saturated carbocycles. The molecule has 0 saturated heterocycles. The summed E-state index contributed by atoms with van der Waals surface area (Å²) in [4.78, 5) is 14.8. The van der Waals surface area contributed by atoms with Gasteiger partial charge < -0.3 is 9.47 Å². The van der Waals surface area contributed by atoms with Gasteiger partial charge in [-0.15, -0.1) is 5.10 Å². The number of benzene rings is 1. The van der Waals surface area contributed by atoms with Gasteiger partial charge in [0.1, 0.15) is 0 Å². The summed E-state index contributed by atoms with van der Waals surface area (Å²) in [5.41, 5.74) is 2.41. The van der Waals surface area contributed by atoms with E-state index in [4.69, 9.17) is 0 Å². The van der Waals surface area contributed by atoms with E-state index in [0.29, 0.717) is 16.8 Å². The number of anilines is 1. The first-order valence-corrected chi connectivity index (χ1v) is 8.18. The average Bonchev–Trinajstić information content (AvgIpc) is 2.93. The van der Waals surface area contributed by atoms with Crippen LogP contribution in [0.15, 0.2) is 29.2 Å². The van der Waals surface area contributed by atoms with Crippen LogP contribution in [0.1, 0.15) is 0 Å². The molecule has 8 heteroatoms. The highest BCUT2D eigenvalue weighted by Gasteiger charge is 2.15. The summed E-state index contributed by atoms with van der Waals surface area (Å²) in [7, 11) is 5.68. The first-order chi connectivity index (χ1) is 10.5. The molecule has 0 N–H and O–H groups in total. The van der Waals surface area contributed by atoms with E-state index in [-0.39, 0.29) is 5.43 Å². The third kappa shape index (κ3) is 2.36. The number of nitrogens with zero attached hydrogens (tertiary/aromatic N) is 6. The molecule has 114 valence electrons. The molecule has 3 rings (SSSR count). The van der Waals surface area contributed by atoms with Gasteiger partial charge in [-0.3, -0.25) is 4.79 Å². The minimum absolute atomic E-state index is 0.0562. The summed E-state index contributed by atoms with van der Waals surface area (Å²) in [6, 6.07) is 5.83. The maximum absolute atomic E-state index is 12.8. The van der Waals surface area contributed by atoms with Crippen molar-refractivity contribution in [3.05, 3.63) is 34.6 Å². The molecule has 0 unspecified atom stereocenters. The molecule has 0 fully saturated rings. The average molecular weight is 410 g/mol. The monoisotopic (exact) mass is 410 g/mol. The van der Waals surface area contributed by atoms with Crippen molar-refractivity contribution in [2.24, 2.45) is 7.05 Å². The maximum atomic E-state index is 12.8. The Morgan fingerprint density at radius 2 is 2.09 bits per heavy atom. The molecule has 0 bridgehead atoms. The van der Waals surface area contributed by atoms with Crippen LogP contribution in [-0.2, 0) is 11.6 Å². The van der Waals surface area contributed by atoms with Crippen molar-refractivity contribution >= 4 is 39.2 Å². The number of aromatic nitrogens is 5. The Kier molecular flexibility index (Phi) is 3.85. The third-order valence-corrected chi connectivity index (χ3v) is 4.31. The lowest BCUT2D eigenvalue weighted by Crippen LogP contribution is -2.15. The Hall–Kier alpha value is -1.97. The van der Waals surface area contributed by atoms with Crippen LogP contribution >= 0.6 is 22.6 Å². The van der Waals surface area contributed by atoms with Gasteiger partial charge in [-0.2, -0.15) is 0 Å². The van der Waals surface area contributed by atoms with Crippen molar-refractivity contribution in [2.45, 2.75) is 4.55 Å². The summed E-state index contributed by atoms with van der Waals surface area (Å²) in [5, 5.41) is 12.0. The smallest absolute Gasteiger partial charge is 0.200 e. The Bertz CT molecular complexity index is 898. The number of fused-ring (bicyclic) bond motifs is 1. The van der Waals surface area contributed by atoms with E-state index < -0.39 is 0 Å². The predicted octanol–water partition coefficient (Wildman–Crippen LogP) is 1.65. The van der Waals surface area contributed by atoms with E-state index >= 15 is 0 Å². The maximum Gasteiger partial charge on any atom is 0.200 e. The van der Waals surface area contributed by atoms with Gasteiger partial charge in [0.05, 0.1) is 15.6 Å². The number of hydrogen-bond acceptors (Lipinski definition) is 5. The van der Waals surface area contributed by atoms with Crippen LogP contribution in [0.2, 0.25) is 0 Å². The molecular weight excluding hydrogens is 395 g/mol. The zero-order chi connectivity index (χ0) is 15.9. The SMILES string of the molecule is CN(C)c1ccc2c(=O)c(-c3nnnn3C)cn(CI)c2c1. The topological polar surface area (TPSA) is 68.8 Å². The number of rotatable bonds is 3. The number of halogens is 1. The molecular formula is C14H15IN6O. The molecule has 0 aliphatic heterocycles. The predicted molar refractivity (Wildman–Crippen MR) is 94.3 cm³/mol. The van der Waals surface area contributed by atoms with Crippen molar-refractivity contribution in [3.8, 4) is 11.4 Å². The van der Waals surface area contributed by atoms with Gasteiger partial charge in [0.15, 0.2) is 11.3 Å². The molecule has 0 aliphatic rings. The normalized spacial score (nSPS) is 11.1. The Morgan fingerprint density at radius 3 is 2.68 bits per heavy atom. The number of tetrazole rings is 1. The van der Waals surface area contributed by atoms with E-state index in [9.17, 15) is 4.79 Å². The molecule has 0 spiro atoms. The second-order valence-electron chi connectivity index (χ2n) is 5.18. The van der Waals surface area contributed by atoms with Crippen molar-refractivity contribution in [1.29, 1.82) is 0 Å². The third-order valence-electron chi connectivity index (χ3n) is 3.57. The van der Waals surface area contributed by atoms with Gasteiger partial charge in [0, 0.05) is 38.4 Å². The van der Waals surface area contributed by atoms with Crippen LogP contribution < -0.4 is 10.3 Å². The molecule has 3 aromatic rings. The first-order valence-electron chi connectivity index (χ1n) is 6.66. The highest BCUT2D eigenvalue weighted by molar-refractivity contribution is 14.1. The lowest BCUT2D eigenvalue weighted by atomic mass is 10.1. The summed E-state index contributed by atoms with van der Waals surface area (Å²) < 4.78 is 4.27. The highest BCUT2D eigenvalue weighted by Crippen LogP contribution is 2.22. The van der Waals surface area contributed by atoms with Crippen molar-refractivity contribution in [3.63, 3.8) is 0 Å². The zero-order valence-corrected chi connectivity index (χ0v) is 14.6. The molecule has 7 nitrogen and oxygen atoms in total. The van der Waals surface area contributed by atoms with Crippen LogP contribution in [0.5, 0.6) is 0 Å². The number of hydrogen-bond donors (Lipinski definition) is 0. The fraction of sp³-hybridized carbons (Fsp3) is 0.286. The van der Waals surface area contributed by atoms with Crippen LogP contribution in [0.4, 0.5) is 5.69 Å². The lowest BCUT2D eigenvalue weighted by molar-refractivity contribution is 0.714. The molecule has 22 heavy (non-hydrogen) atoms. The minimum Gasteiger partial charge on any atom is -0.378 e. The standard InChI is InChI=1S/C14H15IN6O/c1-19(2)9-4-5-10-12(6-9)21(8-15)7-11(13(10)22)14-16-17-18-20(14)3/h4-7H,8H2,1-3H3. The fourth-order valence-corrected chi connectivity index (χ4v) is 2.94. The molecule has 0 amide bonds. The van der Waals surface area contributed by atoms with E-state index in [1.54, 1.807) is 7.05 Å². The summed E-state index contributed by atoms with van der Waals surface area (Å²) in [6.45, 7) is 0. The van der Waals surface area contributed by atoms with E-state index in [1.807, 2.05) is 48.0 Å². The van der Waals surface area contributed by atoms with Crippen molar-refractivity contribution < 1.29 is 0 Å². The van der Waals surface area contributed by atoms with Crippen LogP contribution in [0.3, 0.4) is 0 Å². The quantitative estimate of drug-likeness (QED) is 0.485. The fourth-order valence-electron chi connectivity index (χ4n) is 2.37. The molecule has 0 aliphatic carbocycles. The second-order valence-corrected chi connectivity index (χ2v) is 5.87. The minimum atomic E-state index is -0.0562. The molecule has 2 aromatic heterocycles. The Labute approximate surface area is 140 Å². The van der Waals surface area contributed by atoms with Gasteiger partial charge >= 0.3 is 0 Å².